The second-order valence-corrected chi connectivity index (χ2v) is 6.50. The van der Waals surface area contributed by atoms with Gasteiger partial charge in [-0.05, 0) is 37.5 Å². The van der Waals surface area contributed by atoms with Gasteiger partial charge in [0.15, 0.2) is 11.6 Å². The Kier molecular flexibility index (Phi) is 5.39. The third-order valence-electron chi connectivity index (χ3n) is 4.63. The lowest BCUT2D eigenvalue weighted by atomic mass is 10.1. The Hall–Kier alpha value is -2.64. The van der Waals surface area contributed by atoms with Gasteiger partial charge >= 0.3 is 5.69 Å². The highest BCUT2D eigenvalue weighted by molar-refractivity contribution is 5.76. The lowest BCUT2D eigenvalue weighted by Crippen LogP contribution is -2.35. The molecular formula is C18H23FN4O3. The predicted molar refractivity (Wildman–Crippen MR) is 93.6 cm³/mol. The van der Waals surface area contributed by atoms with Gasteiger partial charge in [-0.3, -0.25) is 9.36 Å². The van der Waals surface area contributed by atoms with Gasteiger partial charge in [-0.25, -0.2) is 13.9 Å². The van der Waals surface area contributed by atoms with E-state index < -0.39 is 11.9 Å². The molecule has 0 saturated carbocycles. The Balaban J connectivity index is 1.67. The van der Waals surface area contributed by atoms with Crippen molar-refractivity contribution in [2.45, 2.75) is 51.7 Å². The Labute approximate surface area is 150 Å². The van der Waals surface area contributed by atoms with Gasteiger partial charge in [0.25, 0.3) is 0 Å². The molecular weight excluding hydrogens is 339 g/mol. The van der Waals surface area contributed by atoms with Gasteiger partial charge in [-0.2, -0.15) is 5.10 Å². The first-order chi connectivity index (χ1) is 12.5. The maximum atomic E-state index is 13.8. The fourth-order valence-electron chi connectivity index (χ4n) is 3.19. The zero-order chi connectivity index (χ0) is 18.7. The first-order valence-electron chi connectivity index (χ1n) is 8.79. The number of hydrogen-bond donors (Lipinski definition) is 1. The van der Waals surface area contributed by atoms with Gasteiger partial charge in [0, 0.05) is 13.0 Å². The van der Waals surface area contributed by atoms with E-state index in [1.165, 1.54) is 23.9 Å². The Morgan fingerprint density at radius 1 is 1.38 bits per heavy atom. The van der Waals surface area contributed by atoms with Crippen LogP contribution in [-0.4, -0.2) is 27.4 Å². The number of hydrogen-bond acceptors (Lipinski definition) is 4. The molecule has 1 aliphatic heterocycles. The van der Waals surface area contributed by atoms with Crippen molar-refractivity contribution in [2.75, 3.05) is 7.11 Å². The molecule has 1 aromatic heterocycles. The predicted octanol–water partition coefficient (Wildman–Crippen LogP) is 1.80. The van der Waals surface area contributed by atoms with Crippen LogP contribution >= 0.6 is 0 Å². The molecule has 7 nitrogen and oxygen atoms in total. The molecule has 0 aliphatic carbocycles. The number of rotatable bonds is 5. The number of carbonyl (C=O) groups excluding carboxylic acids is 1. The molecule has 1 aromatic carbocycles. The summed E-state index contributed by atoms with van der Waals surface area (Å²) < 4.78 is 21.6. The largest absolute Gasteiger partial charge is 0.494 e. The number of benzene rings is 1. The minimum absolute atomic E-state index is 0.151. The van der Waals surface area contributed by atoms with Crippen LogP contribution in [0.1, 0.15) is 43.6 Å². The summed E-state index contributed by atoms with van der Waals surface area (Å²) in [4.78, 5) is 24.7. The van der Waals surface area contributed by atoms with E-state index in [9.17, 15) is 14.0 Å². The van der Waals surface area contributed by atoms with Crippen molar-refractivity contribution in [1.82, 2.24) is 19.7 Å². The molecule has 1 unspecified atom stereocenters. The number of halogens is 1. The molecule has 0 fully saturated rings. The number of amides is 1. The van der Waals surface area contributed by atoms with Crippen molar-refractivity contribution >= 4 is 5.91 Å². The van der Waals surface area contributed by atoms with E-state index in [1.807, 2.05) is 0 Å². The molecule has 2 heterocycles. The van der Waals surface area contributed by atoms with Crippen LogP contribution in [0, 0.1) is 5.82 Å². The zero-order valence-corrected chi connectivity index (χ0v) is 15.0. The number of aromatic nitrogens is 3. The van der Waals surface area contributed by atoms with Gasteiger partial charge in [0.1, 0.15) is 12.4 Å². The summed E-state index contributed by atoms with van der Waals surface area (Å²) in [5, 5.41) is 7.07. The molecule has 1 amide bonds. The summed E-state index contributed by atoms with van der Waals surface area (Å²) in [6.45, 7) is 2.25. The van der Waals surface area contributed by atoms with E-state index in [0.29, 0.717) is 12.1 Å². The summed E-state index contributed by atoms with van der Waals surface area (Å²) in [6, 6.07) is 4.13. The highest BCUT2D eigenvalue weighted by Gasteiger charge is 2.18. The van der Waals surface area contributed by atoms with Crippen molar-refractivity contribution in [1.29, 1.82) is 0 Å². The highest BCUT2D eigenvalue weighted by Crippen LogP contribution is 2.21. The summed E-state index contributed by atoms with van der Waals surface area (Å²) >= 11 is 0. The second kappa shape index (κ2) is 7.72. The minimum atomic E-state index is -0.486. The molecule has 26 heavy (non-hydrogen) atoms. The van der Waals surface area contributed by atoms with Crippen LogP contribution in [0.4, 0.5) is 4.39 Å². The normalized spacial score (nSPS) is 15.0. The van der Waals surface area contributed by atoms with Crippen molar-refractivity contribution in [3.05, 3.63) is 45.9 Å². The van der Waals surface area contributed by atoms with Crippen LogP contribution in [0.5, 0.6) is 5.75 Å². The lowest BCUT2D eigenvalue weighted by molar-refractivity contribution is -0.122. The van der Waals surface area contributed by atoms with Crippen LogP contribution in [0.15, 0.2) is 23.0 Å². The van der Waals surface area contributed by atoms with Crippen molar-refractivity contribution < 1.29 is 13.9 Å². The Bertz CT molecular complexity index is 859. The quantitative estimate of drug-likeness (QED) is 0.880. The lowest BCUT2D eigenvalue weighted by Gasteiger charge is -2.15. The molecule has 1 N–H and O–H groups in total. The van der Waals surface area contributed by atoms with Gasteiger partial charge in [-0.15, -0.1) is 0 Å². The fraction of sp³-hybridized carbons (Fsp3) is 0.500. The van der Waals surface area contributed by atoms with E-state index in [-0.39, 0.29) is 23.9 Å². The topological polar surface area (TPSA) is 78.2 Å². The number of nitrogens with one attached hydrogen (secondary N) is 1. The van der Waals surface area contributed by atoms with E-state index in [2.05, 4.69) is 10.4 Å². The molecule has 0 radical (unpaired) electrons. The maximum absolute atomic E-state index is 13.8. The highest BCUT2D eigenvalue weighted by atomic mass is 19.1. The SMILES string of the molecule is COc1ccc(C(C)NC(=O)Cn2nc3n(c2=O)CCCCC3)cc1F. The molecule has 3 rings (SSSR count). The summed E-state index contributed by atoms with van der Waals surface area (Å²) in [5.41, 5.74) is 0.366. The van der Waals surface area contributed by atoms with E-state index in [0.717, 1.165) is 31.5 Å². The average molecular weight is 362 g/mol. The van der Waals surface area contributed by atoms with Crippen LogP contribution in [0.25, 0.3) is 0 Å². The van der Waals surface area contributed by atoms with Crippen molar-refractivity contribution in [3.63, 3.8) is 0 Å². The van der Waals surface area contributed by atoms with E-state index in [1.54, 1.807) is 17.6 Å². The molecule has 0 bridgehead atoms. The summed E-state index contributed by atoms with van der Waals surface area (Å²) in [6.07, 6.45) is 3.79. The Morgan fingerprint density at radius 2 is 2.19 bits per heavy atom. The Morgan fingerprint density at radius 3 is 2.92 bits per heavy atom. The molecule has 8 heteroatoms. The van der Waals surface area contributed by atoms with E-state index in [4.69, 9.17) is 4.74 Å². The van der Waals surface area contributed by atoms with Gasteiger partial charge in [0.05, 0.1) is 13.2 Å². The van der Waals surface area contributed by atoms with Crippen LogP contribution in [-0.2, 0) is 24.3 Å². The number of methoxy groups -OCH3 is 1. The van der Waals surface area contributed by atoms with Crippen molar-refractivity contribution in [3.8, 4) is 5.75 Å². The molecule has 2 aromatic rings. The van der Waals surface area contributed by atoms with Crippen molar-refractivity contribution in [2.24, 2.45) is 0 Å². The number of aryl methyl sites for hydroxylation is 1. The third-order valence-corrected chi connectivity index (χ3v) is 4.63. The minimum Gasteiger partial charge on any atom is -0.494 e. The smallest absolute Gasteiger partial charge is 0.346 e. The standard InChI is InChI=1S/C18H23FN4O3/c1-12(13-7-8-15(26-2)14(19)10-13)20-17(24)11-23-18(25)22-9-5-3-4-6-16(22)21-23/h7-8,10,12H,3-6,9,11H2,1-2H3,(H,20,24). The second-order valence-electron chi connectivity index (χ2n) is 6.50. The molecule has 0 saturated heterocycles. The molecule has 140 valence electrons. The third kappa shape index (κ3) is 3.79. The zero-order valence-electron chi connectivity index (χ0n) is 15.0. The van der Waals surface area contributed by atoms with E-state index >= 15 is 0 Å². The first kappa shape index (κ1) is 18.2. The van der Waals surface area contributed by atoms with Gasteiger partial charge in [0.2, 0.25) is 5.91 Å². The van der Waals surface area contributed by atoms with Crippen LogP contribution in [0.3, 0.4) is 0 Å². The summed E-state index contributed by atoms with van der Waals surface area (Å²) in [7, 11) is 1.40. The monoisotopic (exact) mass is 362 g/mol. The molecule has 0 spiro atoms. The maximum Gasteiger partial charge on any atom is 0.346 e. The molecule has 1 atom stereocenters. The molecule has 1 aliphatic rings. The fourth-order valence-corrected chi connectivity index (χ4v) is 3.19. The number of ether oxygens (including phenoxy) is 1. The van der Waals surface area contributed by atoms with Crippen LogP contribution < -0.4 is 15.7 Å². The van der Waals surface area contributed by atoms with Crippen LogP contribution in [0.2, 0.25) is 0 Å². The average Bonchev–Trinajstić information content (AvgIpc) is 2.78. The summed E-state index contributed by atoms with van der Waals surface area (Å²) in [5.74, 6) is 0.0631. The number of fused-ring (bicyclic) bond motifs is 1. The number of nitrogens with zero attached hydrogens (tertiary/aromatic N) is 3. The first-order valence-corrected chi connectivity index (χ1v) is 8.79. The van der Waals surface area contributed by atoms with Gasteiger partial charge in [-0.1, -0.05) is 12.5 Å². The van der Waals surface area contributed by atoms with Gasteiger partial charge < -0.3 is 10.1 Å². The number of carbonyl (C=O) groups is 1.